The Labute approximate surface area is 114 Å². The van der Waals surface area contributed by atoms with Crippen LogP contribution >= 0.6 is 0 Å². The second-order valence-corrected chi connectivity index (χ2v) is 5.32. The molecule has 4 nitrogen and oxygen atoms in total. The quantitative estimate of drug-likeness (QED) is 0.846. The molecule has 0 atom stereocenters. The molecule has 19 heavy (non-hydrogen) atoms. The van der Waals surface area contributed by atoms with E-state index < -0.39 is 5.41 Å². The summed E-state index contributed by atoms with van der Waals surface area (Å²) in [6.07, 6.45) is 0. The van der Waals surface area contributed by atoms with Gasteiger partial charge in [-0.15, -0.1) is 0 Å². The lowest BCUT2D eigenvalue weighted by Gasteiger charge is -2.23. The Bertz CT molecular complexity index is 501. The van der Waals surface area contributed by atoms with Crippen molar-refractivity contribution in [1.82, 2.24) is 10.6 Å². The van der Waals surface area contributed by atoms with Gasteiger partial charge in [0, 0.05) is 20.1 Å². The lowest BCUT2D eigenvalue weighted by atomic mass is 9.92. The van der Waals surface area contributed by atoms with Crippen LogP contribution in [0, 0.1) is 23.7 Å². The Morgan fingerprint density at radius 1 is 1.42 bits per heavy atom. The van der Waals surface area contributed by atoms with E-state index in [1.165, 1.54) is 0 Å². The van der Waals surface area contributed by atoms with Gasteiger partial charge in [0.25, 0.3) is 0 Å². The van der Waals surface area contributed by atoms with E-state index in [1.54, 1.807) is 7.05 Å². The van der Waals surface area contributed by atoms with Crippen molar-refractivity contribution >= 4 is 5.91 Å². The standard InChI is InChI=1S/C15H21N3O/c1-11-7-12(8-16)5-6-13(11)9-18-10-15(2,3)14(19)17-4/h5-7,18H,9-10H2,1-4H3,(H,17,19). The van der Waals surface area contributed by atoms with E-state index >= 15 is 0 Å². The molecule has 1 rings (SSSR count). The minimum Gasteiger partial charge on any atom is -0.359 e. The molecule has 4 heteroatoms. The van der Waals surface area contributed by atoms with Gasteiger partial charge in [0.2, 0.25) is 5.91 Å². The molecule has 0 aliphatic rings. The molecule has 0 unspecified atom stereocenters. The van der Waals surface area contributed by atoms with Crippen LogP contribution in [-0.2, 0) is 11.3 Å². The topological polar surface area (TPSA) is 64.9 Å². The van der Waals surface area contributed by atoms with Crippen LogP contribution in [0.4, 0.5) is 0 Å². The van der Waals surface area contributed by atoms with Crippen molar-refractivity contribution in [1.29, 1.82) is 5.26 Å². The van der Waals surface area contributed by atoms with E-state index in [1.807, 2.05) is 39.0 Å². The molecule has 0 saturated carbocycles. The maximum absolute atomic E-state index is 11.6. The average molecular weight is 259 g/mol. The Kier molecular flexibility index (Phi) is 5.08. The van der Waals surface area contributed by atoms with Crippen LogP contribution < -0.4 is 10.6 Å². The third kappa shape index (κ3) is 4.08. The van der Waals surface area contributed by atoms with Gasteiger partial charge < -0.3 is 10.6 Å². The largest absolute Gasteiger partial charge is 0.359 e. The Hall–Kier alpha value is -1.86. The maximum Gasteiger partial charge on any atom is 0.226 e. The van der Waals surface area contributed by atoms with Crippen LogP contribution in [0.25, 0.3) is 0 Å². The van der Waals surface area contributed by atoms with E-state index in [0.717, 1.165) is 11.1 Å². The zero-order chi connectivity index (χ0) is 14.5. The summed E-state index contributed by atoms with van der Waals surface area (Å²) in [6, 6.07) is 7.77. The van der Waals surface area contributed by atoms with Gasteiger partial charge in [-0.1, -0.05) is 6.07 Å². The molecule has 0 aromatic heterocycles. The molecule has 0 aliphatic heterocycles. The number of hydrogen-bond acceptors (Lipinski definition) is 3. The summed E-state index contributed by atoms with van der Waals surface area (Å²) in [5.74, 6) is 0.0246. The minimum absolute atomic E-state index is 0.0246. The van der Waals surface area contributed by atoms with Crippen LogP contribution in [0.15, 0.2) is 18.2 Å². The first kappa shape index (κ1) is 15.2. The lowest BCUT2D eigenvalue weighted by Crippen LogP contribution is -2.41. The van der Waals surface area contributed by atoms with Crippen molar-refractivity contribution in [2.45, 2.75) is 27.3 Å². The molecule has 0 bridgehead atoms. The van der Waals surface area contributed by atoms with Crippen LogP contribution in [0.5, 0.6) is 0 Å². The number of benzene rings is 1. The number of carbonyl (C=O) groups excluding carboxylic acids is 1. The average Bonchev–Trinajstić information content (AvgIpc) is 2.39. The van der Waals surface area contributed by atoms with E-state index in [4.69, 9.17) is 5.26 Å². The maximum atomic E-state index is 11.6. The monoisotopic (exact) mass is 259 g/mol. The lowest BCUT2D eigenvalue weighted by molar-refractivity contribution is -0.128. The van der Waals surface area contributed by atoms with Crippen LogP contribution in [0.3, 0.4) is 0 Å². The van der Waals surface area contributed by atoms with Gasteiger partial charge in [-0.25, -0.2) is 0 Å². The number of rotatable bonds is 5. The number of nitriles is 1. The van der Waals surface area contributed by atoms with E-state index in [9.17, 15) is 4.79 Å². The Balaban J connectivity index is 2.59. The second-order valence-electron chi connectivity index (χ2n) is 5.32. The van der Waals surface area contributed by atoms with Gasteiger partial charge in [0.1, 0.15) is 0 Å². The number of nitrogens with one attached hydrogen (secondary N) is 2. The zero-order valence-corrected chi connectivity index (χ0v) is 12.0. The zero-order valence-electron chi connectivity index (χ0n) is 12.0. The molecule has 2 N–H and O–H groups in total. The van der Waals surface area contributed by atoms with Gasteiger partial charge in [-0.2, -0.15) is 5.26 Å². The molecule has 0 saturated heterocycles. The first-order valence-electron chi connectivity index (χ1n) is 6.33. The van der Waals surface area contributed by atoms with Crippen LogP contribution in [0.1, 0.15) is 30.5 Å². The van der Waals surface area contributed by atoms with Gasteiger partial charge in [-0.3, -0.25) is 4.79 Å². The van der Waals surface area contributed by atoms with E-state index in [-0.39, 0.29) is 5.91 Å². The molecule has 0 spiro atoms. The highest BCUT2D eigenvalue weighted by molar-refractivity contribution is 5.81. The number of hydrogen-bond donors (Lipinski definition) is 2. The van der Waals surface area contributed by atoms with Gasteiger partial charge in [-0.05, 0) is 44.0 Å². The van der Waals surface area contributed by atoms with E-state index in [0.29, 0.717) is 18.7 Å². The fourth-order valence-corrected chi connectivity index (χ4v) is 1.89. The number of amides is 1. The second kappa shape index (κ2) is 6.35. The van der Waals surface area contributed by atoms with Crippen molar-refractivity contribution in [2.75, 3.05) is 13.6 Å². The Morgan fingerprint density at radius 3 is 2.63 bits per heavy atom. The van der Waals surface area contributed by atoms with Crippen molar-refractivity contribution in [2.24, 2.45) is 5.41 Å². The molecule has 1 amide bonds. The van der Waals surface area contributed by atoms with Gasteiger partial charge in [0.05, 0.1) is 17.0 Å². The summed E-state index contributed by atoms with van der Waals surface area (Å²) in [7, 11) is 1.65. The predicted molar refractivity (Wildman–Crippen MR) is 75.4 cm³/mol. The molecular formula is C15H21N3O. The van der Waals surface area contributed by atoms with E-state index in [2.05, 4.69) is 16.7 Å². The van der Waals surface area contributed by atoms with Gasteiger partial charge in [0.15, 0.2) is 0 Å². The highest BCUT2D eigenvalue weighted by Gasteiger charge is 2.25. The molecule has 0 radical (unpaired) electrons. The highest BCUT2D eigenvalue weighted by atomic mass is 16.2. The highest BCUT2D eigenvalue weighted by Crippen LogP contribution is 2.15. The van der Waals surface area contributed by atoms with Crippen molar-refractivity contribution in [3.63, 3.8) is 0 Å². The summed E-state index contributed by atoms with van der Waals surface area (Å²) in [6.45, 7) is 7.10. The SMILES string of the molecule is CNC(=O)C(C)(C)CNCc1ccc(C#N)cc1C. The smallest absolute Gasteiger partial charge is 0.226 e. The normalized spacial score (nSPS) is 10.9. The van der Waals surface area contributed by atoms with Crippen molar-refractivity contribution in [3.05, 3.63) is 34.9 Å². The summed E-state index contributed by atoms with van der Waals surface area (Å²) >= 11 is 0. The molecule has 0 heterocycles. The van der Waals surface area contributed by atoms with Crippen molar-refractivity contribution in [3.8, 4) is 6.07 Å². The molecular weight excluding hydrogens is 238 g/mol. The van der Waals surface area contributed by atoms with Crippen LogP contribution in [0.2, 0.25) is 0 Å². The third-order valence-corrected chi connectivity index (χ3v) is 3.20. The summed E-state index contributed by atoms with van der Waals surface area (Å²) < 4.78 is 0. The fraction of sp³-hybridized carbons (Fsp3) is 0.467. The third-order valence-electron chi connectivity index (χ3n) is 3.20. The van der Waals surface area contributed by atoms with Crippen molar-refractivity contribution < 1.29 is 4.79 Å². The summed E-state index contributed by atoms with van der Waals surface area (Å²) in [4.78, 5) is 11.6. The molecule has 1 aromatic rings. The Morgan fingerprint density at radius 2 is 2.11 bits per heavy atom. The van der Waals surface area contributed by atoms with Crippen LogP contribution in [-0.4, -0.2) is 19.5 Å². The summed E-state index contributed by atoms with van der Waals surface area (Å²) in [5.41, 5.74) is 2.47. The summed E-state index contributed by atoms with van der Waals surface area (Å²) in [5, 5.41) is 14.8. The first-order valence-corrected chi connectivity index (χ1v) is 6.33. The molecule has 1 aromatic carbocycles. The fourth-order valence-electron chi connectivity index (χ4n) is 1.89. The minimum atomic E-state index is -0.435. The predicted octanol–water partition coefficient (Wildman–Crippen LogP) is 1.73. The number of aryl methyl sites for hydroxylation is 1. The number of nitrogens with zero attached hydrogens (tertiary/aromatic N) is 1. The number of carbonyl (C=O) groups is 1. The van der Waals surface area contributed by atoms with Gasteiger partial charge >= 0.3 is 0 Å². The molecule has 0 aliphatic carbocycles. The first-order chi connectivity index (χ1) is 8.90. The molecule has 0 fully saturated rings. The molecule has 102 valence electrons.